The van der Waals surface area contributed by atoms with E-state index in [1.807, 2.05) is 0 Å². The van der Waals surface area contributed by atoms with Crippen molar-refractivity contribution in [2.75, 3.05) is 5.33 Å². The minimum atomic E-state index is -0.428. The molecule has 0 aliphatic heterocycles. The molecule has 1 heterocycles. The highest BCUT2D eigenvalue weighted by atomic mass is 79.9. The number of non-ortho nitro benzene ring substituents is 1. The second kappa shape index (κ2) is 4.97. The molecule has 2 rings (SSSR count). The van der Waals surface area contributed by atoms with Gasteiger partial charge in [-0.15, -0.1) is 0 Å². The van der Waals surface area contributed by atoms with Gasteiger partial charge in [-0.25, -0.2) is 0 Å². The topological polar surface area (TPSA) is 71.8 Å². The van der Waals surface area contributed by atoms with Crippen LogP contribution >= 0.6 is 15.9 Å². The molecule has 0 bridgehead atoms. The van der Waals surface area contributed by atoms with Crippen LogP contribution in [0.5, 0.6) is 0 Å². The van der Waals surface area contributed by atoms with Gasteiger partial charge in [0.1, 0.15) is 5.69 Å². The standard InChI is InChI=1S/C11H8BrN3O2/c12-6-2-1-3-10-9-7-8(15(16)17)4-5-11(9)14-13-10/h4-5,7H,2,6H2,(H,13,14). The number of nitro benzene ring substituents is 1. The number of hydrogen-bond donors (Lipinski definition) is 1. The number of aromatic nitrogens is 2. The van der Waals surface area contributed by atoms with Gasteiger partial charge in [-0.3, -0.25) is 15.2 Å². The minimum absolute atomic E-state index is 0.0439. The Morgan fingerprint density at radius 2 is 2.35 bits per heavy atom. The Morgan fingerprint density at radius 3 is 3.06 bits per heavy atom. The number of fused-ring (bicyclic) bond motifs is 1. The van der Waals surface area contributed by atoms with Gasteiger partial charge in [0.15, 0.2) is 0 Å². The zero-order valence-electron chi connectivity index (χ0n) is 8.74. The maximum atomic E-state index is 10.7. The van der Waals surface area contributed by atoms with Crippen molar-refractivity contribution in [1.29, 1.82) is 0 Å². The Kier molecular flexibility index (Phi) is 3.40. The van der Waals surface area contributed by atoms with E-state index in [1.165, 1.54) is 12.1 Å². The number of benzene rings is 1. The molecule has 0 aliphatic rings. The summed E-state index contributed by atoms with van der Waals surface area (Å²) in [5.74, 6) is 5.85. The molecule has 0 saturated heterocycles. The molecule has 0 saturated carbocycles. The van der Waals surface area contributed by atoms with Crippen molar-refractivity contribution in [2.45, 2.75) is 6.42 Å². The van der Waals surface area contributed by atoms with Crippen LogP contribution in [0.15, 0.2) is 18.2 Å². The fourth-order valence-electron chi connectivity index (χ4n) is 1.41. The molecule has 1 aromatic carbocycles. The summed E-state index contributed by atoms with van der Waals surface area (Å²) in [6.07, 6.45) is 0.718. The molecule has 0 spiro atoms. The third kappa shape index (κ3) is 2.45. The lowest BCUT2D eigenvalue weighted by molar-refractivity contribution is -0.384. The zero-order valence-corrected chi connectivity index (χ0v) is 10.3. The first-order chi connectivity index (χ1) is 8.22. The Bertz CT molecular complexity index is 624. The van der Waals surface area contributed by atoms with E-state index in [1.54, 1.807) is 6.07 Å². The number of nitrogens with one attached hydrogen (secondary N) is 1. The summed E-state index contributed by atoms with van der Waals surface area (Å²) in [6, 6.07) is 4.52. The number of H-pyrrole nitrogens is 1. The van der Waals surface area contributed by atoms with Gasteiger partial charge in [0.25, 0.3) is 5.69 Å². The fourth-order valence-corrected chi connectivity index (χ4v) is 1.60. The van der Waals surface area contributed by atoms with Crippen molar-refractivity contribution < 1.29 is 4.92 Å². The molecule has 0 atom stereocenters. The summed E-state index contributed by atoms with van der Waals surface area (Å²) in [6.45, 7) is 0. The molecule has 86 valence electrons. The summed E-state index contributed by atoms with van der Waals surface area (Å²) >= 11 is 3.28. The molecule has 2 aromatic rings. The van der Waals surface area contributed by atoms with Gasteiger partial charge in [-0.2, -0.15) is 5.10 Å². The Hall–Kier alpha value is -1.87. The molecule has 6 heteroatoms. The van der Waals surface area contributed by atoms with Crippen LogP contribution in [0, 0.1) is 22.0 Å². The van der Waals surface area contributed by atoms with Gasteiger partial charge in [0.2, 0.25) is 0 Å². The first kappa shape index (κ1) is 11.6. The van der Waals surface area contributed by atoms with Crippen LogP contribution in [0.4, 0.5) is 5.69 Å². The van der Waals surface area contributed by atoms with Gasteiger partial charge in [0.05, 0.1) is 10.4 Å². The number of hydrogen-bond acceptors (Lipinski definition) is 3. The minimum Gasteiger partial charge on any atom is -0.269 e. The van der Waals surface area contributed by atoms with Crippen LogP contribution in [-0.2, 0) is 0 Å². The van der Waals surface area contributed by atoms with Crippen LogP contribution in [0.2, 0.25) is 0 Å². The lowest BCUT2D eigenvalue weighted by Crippen LogP contribution is -1.86. The van der Waals surface area contributed by atoms with Crippen molar-refractivity contribution in [3.05, 3.63) is 34.0 Å². The van der Waals surface area contributed by atoms with Gasteiger partial charge >= 0.3 is 0 Å². The zero-order chi connectivity index (χ0) is 12.3. The van der Waals surface area contributed by atoms with Gasteiger partial charge in [-0.05, 0) is 12.0 Å². The molecule has 17 heavy (non-hydrogen) atoms. The predicted octanol–water partition coefficient (Wildman–Crippen LogP) is 2.61. The molecule has 5 nitrogen and oxygen atoms in total. The van der Waals surface area contributed by atoms with E-state index in [0.29, 0.717) is 16.6 Å². The van der Waals surface area contributed by atoms with E-state index in [-0.39, 0.29) is 5.69 Å². The van der Waals surface area contributed by atoms with E-state index < -0.39 is 4.92 Å². The Balaban J connectivity index is 2.48. The van der Waals surface area contributed by atoms with Crippen molar-refractivity contribution in [3.8, 4) is 11.8 Å². The molecule has 1 N–H and O–H groups in total. The normalized spacial score (nSPS) is 9.94. The molecular formula is C11H8BrN3O2. The first-order valence-corrected chi connectivity index (χ1v) is 6.02. The van der Waals surface area contributed by atoms with E-state index in [2.05, 4.69) is 38.0 Å². The number of rotatable bonds is 2. The van der Waals surface area contributed by atoms with Crippen molar-refractivity contribution >= 4 is 32.5 Å². The second-order valence-electron chi connectivity index (χ2n) is 3.30. The molecule has 0 aliphatic carbocycles. The molecule has 0 unspecified atom stereocenters. The second-order valence-corrected chi connectivity index (χ2v) is 4.09. The monoisotopic (exact) mass is 293 g/mol. The molecule has 0 radical (unpaired) electrons. The van der Waals surface area contributed by atoms with E-state index >= 15 is 0 Å². The highest BCUT2D eigenvalue weighted by Crippen LogP contribution is 2.21. The summed E-state index contributed by atoms with van der Waals surface area (Å²) in [7, 11) is 0. The highest BCUT2D eigenvalue weighted by Gasteiger charge is 2.10. The van der Waals surface area contributed by atoms with Gasteiger partial charge < -0.3 is 0 Å². The van der Waals surface area contributed by atoms with Crippen molar-refractivity contribution in [1.82, 2.24) is 10.2 Å². The van der Waals surface area contributed by atoms with Crippen LogP contribution < -0.4 is 0 Å². The fraction of sp³-hybridized carbons (Fsp3) is 0.182. The molecule has 0 amide bonds. The number of nitrogens with zero attached hydrogens (tertiary/aromatic N) is 2. The molecule has 0 fully saturated rings. The average Bonchev–Trinajstić information content (AvgIpc) is 2.72. The quantitative estimate of drug-likeness (QED) is 0.400. The van der Waals surface area contributed by atoms with Crippen LogP contribution in [0.25, 0.3) is 10.9 Å². The number of aromatic amines is 1. The summed E-state index contributed by atoms with van der Waals surface area (Å²) in [5.41, 5.74) is 1.34. The predicted molar refractivity (Wildman–Crippen MR) is 68.0 cm³/mol. The maximum Gasteiger partial charge on any atom is 0.270 e. The summed E-state index contributed by atoms with van der Waals surface area (Å²) < 4.78 is 0. The number of halogens is 1. The first-order valence-electron chi connectivity index (χ1n) is 4.89. The highest BCUT2D eigenvalue weighted by molar-refractivity contribution is 9.09. The smallest absolute Gasteiger partial charge is 0.269 e. The Morgan fingerprint density at radius 1 is 1.53 bits per heavy atom. The van der Waals surface area contributed by atoms with Crippen LogP contribution in [-0.4, -0.2) is 20.5 Å². The Labute approximate surface area is 105 Å². The van der Waals surface area contributed by atoms with E-state index in [4.69, 9.17) is 0 Å². The number of alkyl halides is 1. The SMILES string of the molecule is O=[N+]([O-])c1ccc2n[nH]c(C#CCCBr)c2c1. The van der Waals surface area contributed by atoms with Crippen LogP contribution in [0.1, 0.15) is 12.1 Å². The van der Waals surface area contributed by atoms with Crippen molar-refractivity contribution in [2.24, 2.45) is 0 Å². The van der Waals surface area contributed by atoms with E-state index in [0.717, 1.165) is 11.8 Å². The van der Waals surface area contributed by atoms with Gasteiger partial charge in [0, 0.05) is 29.3 Å². The maximum absolute atomic E-state index is 10.7. The third-order valence-electron chi connectivity index (χ3n) is 2.18. The summed E-state index contributed by atoms with van der Waals surface area (Å²) in [4.78, 5) is 10.2. The van der Waals surface area contributed by atoms with Crippen LogP contribution in [0.3, 0.4) is 0 Å². The van der Waals surface area contributed by atoms with E-state index in [9.17, 15) is 10.1 Å². The van der Waals surface area contributed by atoms with Gasteiger partial charge in [-0.1, -0.05) is 21.9 Å². The number of nitro groups is 1. The molecule has 1 aromatic heterocycles. The van der Waals surface area contributed by atoms with Crippen molar-refractivity contribution in [3.63, 3.8) is 0 Å². The lowest BCUT2D eigenvalue weighted by Gasteiger charge is -1.91. The summed E-state index contributed by atoms with van der Waals surface area (Å²) in [5, 5.41) is 19.0. The molecular weight excluding hydrogens is 286 g/mol. The average molecular weight is 294 g/mol. The largest absolute Gasteiger partial charge is 0.270 e. The lowest BCUT2D eigenvalue weighted by atomic mass is 10.2. The third-order valence-corrected chi connectivity index (χ3v) is 2.58.